The van der Waals surface area contributed by atoms with Crippen LogP contribution < -0.4 is 10.1 Å². The van der Waals surface area contributed by atoms with E-state index >= 15 is 0 Å². The van der Waals surface area contributed by atoms with Gasteiger partial charge in [-0.25, -0.2) is 0 Å². The fourth-order valence-corrected chi connectivity index (χ4v) is 2.87. The molecule has 0 radical (unpaired) electrons. The maximum absolute atomic E-state index is 5.67. The summed E-state index contributed by atoms with van der Waals surface area (Å²) in [6.45, 7) is 7.70. The van der Waals surface area contributed by atoms with Crippen LogP contribution in [-0.4, -0.2) is 50.8 Å². The zero-order chi connectivity index (χ0) is 16.7. The highest BCUT2D eigenvalue weighted by Crippen LogP contribution is 2.17. The highest BCUT2D eigenvalue weighted by atomic mass is 127. The van der Waals surface area contributed by atoms with Gasteiger partial charge in [-0.3, -0.25) is 4.99 Å². The molecule has 5 nitrogen and oxygen atoms in total. The van der Waals surface area contributed by atoms with E-state index in [-0.39, 0.29) is 30.1 Å². The van der Waals surface area contributed by atoms with E-state index in [1.807, 2.05) is 33.0 Å². The van der Waals surface area contributed by atoms with Gasteiger partial charge in [0.2, 0.25) is 0 Å². The van der Waals surface area contributed by atoms with E-state index in [4.69, 9.17) is 9.47 Å². The number of methoxy groups -OCH3 is 1. The number of aliphatic imine (C=N–C) groups is 1. The molecule has 0 saturated carbocycles. The van der Waals surface area contributed by atoms with Gasteiger partial charge >= 0.3 is 0 Å². The van der Waals surface area contributed by atoms with Gasteiger partial charge in [0, 0.05) is 39.7 Å². The molecule has 1 aliphatic heterocycles. The summed E-state index contributed by atoms with van der Waals surface area (Å²) >= 11 is 0. The van der Waals surface area contributed by atoms with Gasteiger partial charge in [0.1, 0.15) is 5.75 Å². The Balaban J connectivity index is 0.00000288. The summed E-state index contributed by atoms with van der Waals surface area (Å²) in [7, 11) is 3.61. The minimum atomic E-state index is 0. The highest BCUT2D eigenvalue weighted by molar-refractivity contribution is 14.0. The minimum Gasteiger partial charge on any atom is -0.491 e. The van der Waals surface area contributed by atoms with Crippen LogP contribution >= 0.6 is 24.0 Å². The van der Waals surface area contributed by atoms with Crippen molar-refractivity contribution in [1.82, 2.24) is 10.2 Å². The second kappa shape index (κ2) is 10.8. The third-order valence-corrected chi connectivity index (χ3v) is 3.95. The van der Waals surface area contributed by atoms with Crippen LogP contribution in [0.25, 0.3) is 0 Å². The van der Waals surface area contributed by atoms with Crippen LogP contribution in [0, 0.1) is 5.92 Å². The van der Waals surface area contributed by atoms with E-state index in [1.54, 1.807) is 7.11 Å². The summed E-state index contributed by atoms with van der Waals surface area (Å²) in [4.78, 5) is 6.71. The van der Waals surface area contributed by atoms with E-state index in [0.29, 0.717) is 5.92 Å². The molecule has 1 saturated heterocycles. The van der Waals surface area contributed by atoms with Crippen molar-refractivity contribution < 1.29 is 9.47 Å². The number of rotatable bonds is 6. The summed E-state index contributed by atoms with van der Waals surface area (Å²) in [5, 5.41) is 3.44. The number of likely N-dealkylation sites (tertiary alicyclic amines) is 1. The first-order chi connectivity index (χ1) is 11.1. The monoisotopic (exact) mass is 447 g/mol. The molecule has 0 spiro atoms. The van der Waals surface area contributed by atoms with E-state index in [1.165, 1.54) is 5.56 Å². The number of ether oxygens (including phenoxy) is 2. The molecule has 2 rings (SSSR count). The van der Waals surface area contributed by atoms with E-state index in [2.05, 4.69) is 27.3 Å². The molecule has 6 heteroatoms. The number of nitrogens with one attached hydrogen (secondary N) is 1. The van der Waals surface area contributed by atoms with Gasteiger partial charge in [0.15, 0.2) is 5.96 Å². The minimum absolute atomic E-state index is 0. The van der Waals surface area contributed by atoms with Crippen molar-refractivity contribution >= 4 is 29.9 Å². The predicted octanol–water partition coefficient (Wildman–Crippen LogP) is 3.14. The molecule has 1 aliphatic rings. The van der Waals surface area contributed by atoms with Crippen molar-refractivity contribution in [1.29, 1.82) is 0 Å². The van der Waals surface area contributed by atoms with Crippen LogP contribution in [0.5, 0.6) is 5.75 Å². The van der Waals surface area contributed by atoms with Crippen LogP contribution in [0.1, 0.15) is 25.8 Å². The first kappa shape index (κ1) is 21.0. The number of benzene rings is 1. The zero-order valence-electron chi connectivity index (χ0n) is 15.1. The van der Waals surface area contributed by atoms with Crippen LogP contribution in [-0.2, 0) is 11.3 Å². The van der Waals surface area contributed by atoms with E-state index < -0.39 is 0 Å². The lowest BCUT2D eigenvalue weighted by Crippen LogP contribution is -2.39. The van der Waals surface area contributed by atoms with Crippen LogP contribution in [0.15, 0.2) is 29.3 Å². The summed E-state index contributed by atoms with van der Waals surface area (Å²) in [6.07, 6.45) is 1.36. The molecular weight excluding hydrogens is 417 g/mol. The van der Waals surface area contributed by atoms with Crippen LogP contribution in [0.2, 0.25) is 0 Å². The lowest BCUT2D eigenvalue weighted by molar-refractivity contribution is 0.157. The predicted molar refractivity (Wildman–Crippen MR) is 109 cm³/mol. The molecule has 1 unspecified atom stereocenters. The number of nitrogens with zero attached hydrogens (tertiary/aromatic N) is 2. The molecule has 1 aromatic rings. The Labute approximate surface area is 162 Å². The van der Waals surface area contributed by atoms with Gasteiger partial charge in [-0.2, -0.15) is 0 Å². The lowest BCUT2D eigenvalue weighted by atomic mass is 10.1. The Hall–Kier alpha value is -1.02. The summed E-state index contributed by atoms with van der Waals surface area (Å²) in [5.41, 5.74) is 1.22. The first-order valence-electron chi connectivity index (χ1n) is 8.32. The van der Waals surface area contributed by atoms with Crippen LogP contribution in [0.3, 0.4) is 0 Å². The number of hydrogen-bond acceptors (Lipinski definition) is 3. The summed E-state index contributed by atoms with van der Waals surface area (Å²) in [5.74, 6) is 2.48. The van der Waals surface area contributed by atoms with Gasteiger partial charge in [-0.05, 0) is 38.0 Å². The van der Waals surface area contributed by atoms with Crippen LogP contribution in [0.4, 0.5) is 0 Å². The van der Waals surface area contributed by atoms with Crippen molar-refractivity contribution in [2.75, 3.05) is 33.9 Å². The standard InChI is InChI=1S/C18H29N3O2.HI/c1-14(2)23-17-7-5-15(6-8-17)11-20-18(19-3)21-10-9-16(12-21)13-22-4;/h5-8,14,16H,9-13H2,1-4H3,(H,19,20);1H. The molecule has 136 valence electrons. The largest absolute Gasteiger partial charge is 0.491 e. The summed E-state index contributed by atoms with van der Waals surface area (Å²) in [6, 6.07) is 8.22. The normalized spacial score (nSPS) is 17.8. The third-order valence-electron chi connectivity index (χ3n) is 3.95. The second-order valence-electron chi connectivity index (χ2n) is 6.27. The Morgan fingerprint density at radius 2 is 2.04 bits per heavy atom. The molecular formula is C18H30IN3O2. The SMILES string of the molecule is CN=C(NCc1ccc(OC(C)C)cc1)N1CCC(COC)C1.I. The number of halogens is 1. The average molecular weight is 447 g/mol. The molecule has 1 fully saturated rings. The Kier molecular flexibility index (Phi) is 9.43. The molecule has 0 bridgehead atoms. The first-order valence-corrected chi connectivity index (χ1v) is 8.32. The van der Waals surface area contributed by atoms with E-state index in [0.717, 1.165) is 44.4 Å². The van der Waals surface area contributed by atoms with Gasteiger partial charge < -0.3 is 19.7 Å². The molecule has 0 amide bonds. The van der Waals surface area contributed by atoms with Gasteiger partial charge in [-0.15, -0.1) is 24.0 Å². The fraction of sp³-hybridized carbons (Fsp3) is 0.611. The molecule has 1 heterocycles. The van der Waals surface area contributed by atoms with Gasteiger partial charge in [0.25, 0.3) is 0 Å². The molecule has 1 N–H and O–H groups in total. The Morgan fingerprint density at radius 3 is 2.62 bits per heavy atom. The maximum atomic E-state index is 5.67. The van der Waals surface area contributed by atoms with Crippen molar-refractivity contribution in [2.45, 2.75) is 32.9 Å². The maximum Gasteiger partial charge on any atom is 0.193 e. The molecule has 0 aliphatic carbocycles. The third kappa shape index (κ3) is 6.47. The number of guanidine groups is 1. The molecule has 1 aromatic carbocycles. The van der Waals surface area contributed by atoms with Crippen molar-refractivity contribution in [2.24, 2.45) is 10.9 Å². The number of hydrogen-bond donors (Lipinski definition) is 1. The van der Waals surface area contributed by atoms with Gasteiger partial charge in [-0.1, -0.05) is 12.1 Å². The highest BCUT2D eigenvalue weighted by Gasteiger charge is 2.24. The van der Waals surface area contributed by atoms with E-state index in [9.17, 15) is 0 Å². The average Bonchev–Trinajstić information content (AvgIpc) is 2.98. The quantitative estimate of drug-likeness (QED) is 0.414. The molecule has 0 aromatic heterocycles. The van der Waals surface area contributed by atoms with Crippen molar-refractivity contribution in [3.8, 4) is 5.75 Å². The lowest BCUT2D eigenvalue weighted by Gasteiger charge is -2.21. The molecule has 24 heavy (non-hydrogen) atoms. The summed E-state index contributed by atoms with van der Waals surface area (Å²) < 4.78 is 10.9. The Morgan fingerprint density at radius 1 is 1.33 bits per heavy atom. The van der Waals surface area contributed by atoms with Gasteiger partial charge in [0.05, 0.1) is 12.7 Å². The van der Waals surface area contributed by atoms with Crippen molar-refractivity contribution in [3.05, 3.63) is 29.8 Å². The topological polar surface area (TPSA) is 46.1 Å². The van der Waals surface area contributed by atoms with Crippen molar-refractivity contribution in [3.63, 3.8) is 0 Å². The smallest absolute Gasteiger partial charge is 0.193 e. The fourth-order valence-electron chi connectivity index (χ4n) is 2.87. The Bertz CT molecular complexity index is 505. The second-order valence-corrected chi connectivity index (χ2v) is 6.27. The zero-order valence-corrected chi connectivity index (χ0v) is 17.4. The molecule has 1 atom stereocenters.